The van der Waals surface area contributed by atoms with Gasteiger partial charge in [0.15, 0.2) is 0 Å². The van der Waals surface area contributed by atoms with Gasteiger partial charge in [-0.2, -0.15) is 0 Å². The van der Waals surface area contributed by atoms with Crippen LogP contribution < -0.4 is 9.47 Å². The van der Waals surface area contributed by atoms with Gasteiger partial charge >= 0.3 is 0 Å². The van der Waals surface area contributed by atoms with Gasteiger partial charge in [0.25, 0.3) is 9.02 Å². The number of thiocarbonyl (C=S) groups is 2. The van der Waals surface area contributed by atoms with Crippen LogP contribution in [0.1, 0.15) is 11.1 Å². The molecule has 2 nitrogen and oxygen atoms in total. The predicted octanol–water partition coefficient (Wildman–Crippen LogP) is 6.69. The fraction of sp³-hybridized carbons (Fsp3) is 0. The number of benzene rings is 2. The van der Waals surface area contributed by atoms with Crippen molar-refractivity contribution in [3.63, 3.8) is 0 Å². The van der Waals surface area contributed by atoms with E-state index in [4.69, 9.17) is 55.9 Å². The highest BCUT2D eigenvalue weighted by Gasteiger charge is 2.11. The van der Waals surface area contributed by atoms with Crippen molar-refractivity contribution < 1.29 is 9.47 Å². The van der Waals surface area contributed by atoms with Crippen LogP contribution in [0.25, 0.3) is 5.57 Å². The number of halogens is 4. The first kappa shape index (κ1) is 19.4. The second kappa shape index (κ2) is 8.99. The van der Waals surface area contributed by atoms with Crippen LogP contribution in [0.3, 0.4) is 0 Å². The second-order valence-electron chi connectivity index (χ2n) is 4.36. The number of hydrogen-bond acceptors (Lipinski definition) is 4. The Morgan fingerprint density at radius 3 is 1.21 bits per heavy atom. The molecule has 0 saturated carbocycles. The Labute approximate surface area is 169 Å². The summed E-state index contributed by atoms with van der Waals surface area (Å²) in [5, 5.41) is 0. The maximum atomic E-state index is 6.06. The Morgan fingerprint density at radius 2 is 0.958 bits per heavy atom. The van der Waals surface area contributed by atoms with Crippen molar-refractivity contribution in [2.45, 2.75) is 0 Å². The maximum absolute atomic E-state index is 6.06. The van der Waals surface area contributed by atoms with Crippen LogP contribution in [0, 0.1) is 0 Å². The zero-order chi connectivity index (χ0) is 17.7. The van der Waals surface area contributed by atoms with Gasteiger partial charge in [-0.05, 0) is 83.0 Å². The summed E-state index contributed by atoms with van der Waals surface area (Å²) >= 11 is 32.6. The van der Waals surface area contributed by atoms with Gasteiger partial charge in [0.2, 0.25) is 0 Å². The minimum absolute atomic E-state index is 0.0818. The lowest BCUT2D eigenvalue weighted by molar-refractivity contribution is 0.577. The Balaban J connectivity index is 2.32. The SMILES string of the molecule is S=C(Cl)Oc1ccc(C(=C(Cl)Cl)c2ccc(OC(=S)Cl)cc2)cc1. The normalized spacial score (nSPS) is 10.0. The number of ether oxygens (including phenoxy) is 2. The van der Waals surface area contributed by atoms with Crippen LogP contribution in [-0.2, 0) is 0 Å². The largest absolute Gasteiger partial charge is 0.436 e. The first-order chi connectivity index (χ1) is 11.4. The first-order valence-electron chi connectivity index (χ1n) is 6.37. The van der Waals surface area contributed by atoms with Gasteiger partial charge < -0.3 is 9.47 Å². The summed E-state index contributed by atoms with van der Waals surface area (Å²) in [5.74, 6) is 1.03. The molecule has 0 heterocycles. The quantitative estimate of drug-likeness (QED) is 0.391. The summed E-state index contributed by atoms with van der Waals surface area (Å²) in [5.41, 5.74) is 2.24. The lowest BCUT2D eigenvalue weighted by Gasteiger charge is -2.11. The molecule has 0 spiro atoms. The molecule has 0 N–H and O–H groups in total. The van der Waals surface area contributed by atoms with E-state index in [1.807, 2.05) is 0 Å². The molecule has 2 aromatic carbocycles. The minimum Gasteiger partial charge on any atom is -0.436 e. The Hall–Kier alpha value is -0.880. The molecule has 2 rings (SSSR count). The molecule has 0 fully saturated rings. The van der Waals surface area contributed by atoms with Gasteiger partial charge in [0.05, 0.1) is 0 Å². The van der Waals surface area contributed by atoms with Gasteiger partial charge in [-0.3, -0.25) is 0 Å². The third-order valence-electron chi connectivity index (χ3n) is 2.87. The molecule has 0 aliphatic rings. The Bertz CT molecular complexity index is 721. The molecular weight excluding hydrogens is 430 g/mol. The smallest absolute Gasteiger partial charge is 0.260 e. The van der Waals surface area contributed by atoms with Gasteiger partial charge in [0.1, 0.15) is 16.0 Å². The van der Waals surface area contributed by atoms with E-state index < -0.39 is 0 Å². The molecule has 0 unspecified atom stereocenters. The topological polar surface area (TPSA) is 18.5 Å². The number of rotatable bonds is 4. The molecule has 124 valence electrons. The van der Waals surface area contributed by atoms with Crippen LogP contribution in [0.4, 0.5) is 0 Å². The maximum Gasteiger partial charge on any atom is 0.260 e. The molecule has 0 atom stereocenters. The average molecular weight is 438 g/mol. The lowest BCUT2D eigenvalue weighted by atomic mass is 9.99. The van der Waals surface area contributed by atoms with E-state index in [1.54, 1.807) is 48.5 Å². The predicted molar refractivity (Wildman–Crippen MR) is 109 cm³/mol. The molecule has 0 aromatic heterocycles. The average Bonchev–Trinajstić information content (AvgIpc) is 2.49. The van der Waals surface area contributed by atoms with E-state index in [0.29, 0.717) is 17.1 Å². The van der Waals surface area contributed by atoms with Crippen molar-refractivity contribution in [2.75, 3.05) is 0 Å². The fourth-order valence-corrected chi connectivity index (χ4v) is 2.76. The zero-order valence-corrected chi connectivity index (χ0v) is 16.4. The third kappa shape index (κ3) is 5.59. The molecule has 0 bridgehead atoms. The molecule has 24 heavy (non-hydrogen) atoms. The number of hydrogen-bond donors (Lipinski definition) is 0. The second-order valence-corrected chi connectivity index (χ2v) is 7.19. The van der Waals surface area contributed by atoms with Crippen LogP contribution >= 0.6 is 70.8 Å². The Kier molecular flexibility index (Phi) is 7.29. The van der Waals surface area contributed by atoms with Crippen molar-refractivity contribution in [1.82, 2.24) is 0 Å². The van der Waals surface area contributed by atoms with Crippen LogP contribution in [-0.4, -0.2) is 9.02 Å². The van der Waals surface area contributed by atoms with E-state index in [0.717, 1.165) is 11.1 Å². The Morgan fingerprint density at radius 1 is 0.625 bits per heavy atom. The van der Waals surface area contributed by atoms with Crippen LogP contribution in [0.2, 0.25) is 0 Å². The molecular formula is C16H8Cl4O2S2. The first-order valence-corrected chi connectivity index (χ1v) is 8.70. The van der Waals surface area contributed by atoms with Gasteiger partial charge in [0, 0.05) is 5.57 Å². The molecule has 0 saturated heterocycles. The van der Waals surface area contributed by atoms with E-state index in [1.165, 1.54) is 0 Å². The summed E-state index contributed by atoms with van der Waals surface area (Å²) in [6, 6.07) is 14.0. The van der Waals surface area contributed by atoms with E-state index in [-0.39, 0.29) is 13.5 Å². The van der Waals surface area contributed by atoms with Crippen molar-refractivity contribution >= 4 is 85.4 Å². The van der Waals surface area contributed by atoms with E-state index in [2.05, 4.69) is 24.4 Å². The molecule has 0 aliphatic heterocycles. The standard InChI is InChI=1S/C16H8Cl4O2S2/c17-14(18)13(9-1-5-11(6-2-9)21-15(19)23)10-3-7-12(8-4-10)22-16(20)24/h1-8H. The third-order valence-corrected chi connectivity index (χ3v) is 3.57. The lowest BCUT2D eigenvalue weighted by Crippen LogP contribution is -1.97. The van der Waals surface area contributed by atoms with Gasteiger partial charge in [-0.1, -0.05) is 47.5 Å². The molecule has 0 aliphatic carbocycles. The molecule has 0 amide bonds. The monoisotopic (exact) mass is 436 g/mol. The fourth-order valence-electron chi connectivity index (χ4n) is 1.95. The van der Waals surface area contributed by atoms with Crippen molar-refractivity contribution in [1.29, 1.82) is 0 Å². The van der Waals surface area contributed by atoms with Gasteiger partial charge in [-0.25, -0.2) is 0 Å². The van der Waals surface area contributed by atoms with E-state index >= 15 is 0 Å². The van der Waals surface area contributed by atoms with Crippen molar-refractivity contribution in [3.8, 4) is 11.5 Å². The van der Waals surface area contributed by atoms with Crippen LogP contribution in [0.15, 0.2) is 53.0 Å². The van der Waals surface area contributed by atoms with E-state index in [9.17, 15) is 0 Å². The molecule has 2 aromatic rings. The highest BCUT2D eigenvalue weighted by molar-refractivity contribution is 7.83. The zero-order valence-electron chi connectivity index (χ0n) is 11.8. The highest BCUT2D eigenvalue weighted by atomic mass is 35.5. The molecule has 8 heteroatoms. The summed E-state index contributed by atoms with van der Waals surface area (Å²) < 4.78 is 10.2. The highest BCUT2D eigenvalue weighted by Crippen LogP contribution is 2.33. The minimum atomic E-state index is -0.0818. The van der Waals surface area contributed by atoms with Crippen molar-refractivity contribution in [3.05, 3.63) is 64.1 Å². The molecule has 0 radical (unpaired) electrons. The van der Waals surface area contributed by atoms with Gasteiger partial charge in [-0.15, -0.1) is 0 Å². The van der Waals surface area contributed by atoms with Crippen LogP contribution in [0.5, 0.6) is 11.5 Å². The summed E-state index contributed by atoms with van der Waals surface area (Å²) in [6.45, 7) is 0. The summed E-state index contributed by atoms with van der Waals surface area (Å²) in [6.07, 6.45) is 0. The summed E-state index contributed by atoms with van der Waals surface area (Å²) in [7, 11) is 0. The summed E-state index contributed by atoms with van der Waals surface area (Å²) in [4.78, 5) is 0. The van der Waals surface area contributed by atoms with Crippen molar-refractivity contribution in [2.24, 2.45) is 0 Å².